The van der Waals surface area contributed by atoms with E-state index in [1.54, 1.807) is 0 Å². The fourth-order valence-electron chi connectivity index (χ4n) is 0.536. The molecule has 0 fully saturated rings. The van der Waals surface area contributed by atoms with Crippen LogP contribution in [0.15, 0.2) is 21.6 Å². The number of carbonyl (C=O) groups is 1. The molecule has 0 aliphatic carbocycles. The van der Waals surface area contributed by atoms with Crippen LogP contribution in [0, 0.1) is 0 Å². The third-order valence-electron chi connectivity index (χ3n) is 0.973. The van der Waals surface area contributed by atoms with Crippen molar-refractivity contribution < 1.29 is 22.2 Å². The van der Waals surface area contributed by atoms with Gasteiger partial charge in [-0.25, -0.2) is 0 Å². The highest BCUT2D eigenvalue weighted by Gasteiger charge is 2.13. The highest BCUT2D eigenvalue weighted by molar-refractivity contribution is 7.85. The number of carbonyl (C=O) groups excluding carboxylic acids is 1. The zero-order valence-corrected chi connectivity index (χ0v) is 6.04. The molecular weight excluding hydrogens is 172 g/mol. The molecule has 0 bridgehead atoms. The summed E-state index contributed by atoms with van der Waals surface area (Å²) >= 11 is 0. The lowest BCUT2D eigenvalue weighted by molar-refractivity contribution is 0.109. The molecule has 1 heterocycles. The number of hydrogen-bond donors (Lipinski definition) is 1. The monoisotopic (exact) mass is 176 g/mol. The lowest BCUT2D eigenvalue weighted by Crippen LogP contribution is -1.94. The van der Waals surface area contributed by atoms with Crippen LogP contribution in [0.2, 0.25) is 0 Å². The van der Waals surface area contributed by atoms with Gasteiger partial charge in [-0.15, -0.1) is 0 Å². The maximum atomic E-state index is 10.3. The summed E-state index contributed by atoms with van der Waals surface area (Å²) in [4.78, 5) is 9.98. The Labute approximate surface area is 62.4 Å². The molecule has 60 valence electrons. The molecule has 1 aromatic heterocycles. The van der Waals surface area contributed by atoms with E-state index in [0.29, 0.717) is 6.29 Å². The lowest BCUT2D eigenvalue weighted by atomic mass is 10.5. The van der Waals surface area contributed by atoms with Gasteiger partial charge in [-0.3, -0.25) is 9.35 Å². The van der Waals surface area contributed by atoms with E-state index in [4.69, 9.17) is 4.55 Å². The third kappa shape index (κ3) is 1.66. The second-order valence-corrected chi connectivity index (χ2v) is 3.10. The minimum atomic E-state index is -4.32. The van der Waals surface area contributed by atoms with E-state index < -0.39 is 15.2 Å². The van der Waals surface area contributed by atoms with Crippen molar-refractivity contribution in [1.82, 2.24) is 0 Å². The van der Waals surface area contributed by atoms with Crippen molar-refractivity contribution in [3.63, 3.8) is 0 Å². The van der Waals surface area contributed by atoms with E-state index in [0.717, 1.165) is 12.1 Å². The average molecular weight is 176 g/mol. The Morgan fingerprint density at radius 1 is 1.45 bits per heavy atom. The number of hydrogen-bond acceptors (Lipinski definition) is 4. The number of rotatable bonds is 2. The van der Waals surface area contributed by atoms with Gasteiger partial charge in [0.2, 0.25) is 5.09 Å². The van der Waals surface area contributed by atoms with Gasteiger partial charge < -0.3 is 4.42 Å². The molecule has 0 aliphatic rings. The summed E-state index contributed by atoms with van der Waals surface area (Å²) in [7, 11) is -4.32. The molecule has 5 nitrogen and oxygen atoms in total. The molecule has 0 amide bonds. The van der Waals surface area contributed by atoms with Gasteiger partial charge in [0, 0.05) is 0 Å². The Morgan fingerprint density at radius 3 is 2.36 bits per heavy atom. The molecule has 1 rings (SSSR count). The van der Waals surface area contributed by atoms with Crippen LogP contribution in [0.5, 0.6) is 0 Å². The van der Waals surface area contributed by atoms with Crippen LogP contribution < -0.4 is 0 Å². The van der Waals surface area contributed by atoms with Crippen molar-refractivity contribution >= 4 is 16.4 Å². The fourth-order valence-corrected chi connectivity index (χ4v) is 0.978. The number of aldehydes is 1. The van der Waals surface area contributed by atoms with E-state index in [1.165, 1.54) is 0 Å². The second-order valence-electron chi connectivity index (χ2n) is 1.75. The molecule has 0 spiro atoms. The molecule has 6 heteroatoms. The smallest absolute Gasteiger partial charge is 0.328 e. The maximum Gasteiger partial charge on any atom is 0.328 e. The Hall–Kier alpha value is -1.14. The van der Waals surface area contributed by atoms with Gasteiger partial charge >= 0.3 is 10.1 Å². The first-order valence-electron chi connectivity index (χ1n) is 2.56. The van der Waals surface area contributed by atoms with Crippen molar-refractivity contribution in [3.8, 4) is 0 Å². The molecule has 11 heavy (non-hydrogen) atoms. The zero-order chi connectivity index (χ0) is 8.48. The zero-order valence-electron chi connectivity index (χ0n) is 5.22. The van der Waals surface area contributed by atoms with Crippen molar-refractivity contribution in [3.05, 3.63) is 17.9 Å². The number of furan rings is 1. The predicted molar refractivity (Wildman–Crippen MR) is 33.9 cm³/mol. The molecular formula is C5H4O5S. The Bertz CT molecular complexity index is 360. The van der Waals surface area contributed by atoms with Crippen molar-refractivity contribution in [2.45, 2.75) is 5.09 Å². The van der Waals surface area contributed by atoms with Crippen LogP contribution >= 0.6 is 0 Å². The molecule has 0 atom stereocenters. The van der Waals surface area contributed by atoms with Gasteiger partial charge in [-0.2, -0.15) is 8.42 Å². The van der Waals surface area contributed by atoms with Gasteiger partial charge in [0.15, 0.2) is 12.0 Å². The average Bonchev–Trinajstić information content (AvgIpc) is 2.32. The highest BCUT2D eigenvalue weighted by Crippen LogP contribution is 2.11. The maximum absolute atomic E-state index is 10.3. The van der Waals surface area contributed by atoms with Gasteiger partial charge in [-0.1, -0.05) is 0 Å². The molecule has 0 radical (unpaired) electrons. The van der Waals surface area contributed by atoms with Crippen molar-refractivity contribution in [1.29, 1.82) is 0 Å². The molecule has 0 unspecified atom stereocenters. The quantitative estimate of drug-likeness (QED) is 0.518. The van der Waals surface area contributed by atoms with Crippen LogP contribution in [0.4, 0.5) is 0 Å². The van der Waals surface area contributed by atoms with Crippen LogP contribution in [0.3, 0.4) is 0 Å². The summed E-state index contributed by atoms with van der Waals surface area (Å²) < 4.78 is 33.4. The SMILES string of the molecule is O=Cc1ccc(S(=O)(=O)O)o1. The molecule has 1 N–H and O–H groups in total. The first-order chi connectivity index (χ1) is 5.04. The normalized spacial score (nSPS) is 11.4. The minimum absolute atomic E-state index is 0.141. The van der Waals surface area contributed by atoms with E-state index in [2.05, 4.69) is 4.42 Å². The van der Waals surface area contributed by atoms with Crippen molar-refractivity contribution in [2.24, 2.45) is 0 Å². The van der Waals surface area contributed by atoms with E-state index in [9.17, 15) is 13.2 Å². The van der Waals surface area contributed by atoms with Crippen LogP contribution in [0.25, 0.3) is 0 Å². The first kappa shape index (κ1) is 7.96. The summed E-state index contributed by atoms with van der Waals surface area (Å²) in [5, 5.41) is -0.625. The van der Waals surface area contributed by atoms with E-state index >= 15 is 0 Å². The minimum Gasteiger partial charge on any atom is -0.439 e. The van der Waals surface area contributed by atoms with Crippen molar-refractivity contribution in [2.75, 3.05) is 0 Å². The molecule has 0 saturated carbocycles. The summed E-state index contributed by atoms with van der Waals surface area (Å²) in [6, 6.07) is 2.15. The van der Waals surface area contributed by atoms with Gasteiger partial charge in [0.1, 0.15) is 0 Å². The van der Waals surface area contributed by atoms with Crippen LogP contribution in [-0.2, 0) is 10.1 Å². The van der Waals surface area contributed by atoms with Gasteiger partial charge in [0.05, 0.1) is 0 Å². The molecule has 0 saturated heterocycles. The van der Waals surface area contributed by atoms with Crippen LogP contribution in [0.1, 0.15) is 10.6 Å². The van der Waals surface area contributed by atoms with E-state index in [-0.39, 0.29) is 5.76 Å². The Kier molecular flexibility index (Phi) is 1.79. The fraction of sp³-hybridized carbons (Fsp3) is 0. The third-order valence-corrected chi connectivity index (χ3v) is 1.70. The largest absolute Gasteiger partial charge is 0.439 e. The molecule has 1 aromatic rings. The topological polar surface area (TPSA) is 84.6 Å². The van der Waals surface area contributed by atoms with Gasteiger partial charge in [-0.05, 0) is 12.1 Å². The van der Waals surface area contributed by atoms with Crippen LogP contribution in [-0.4, -0.2) is 19.3 Å². The summed E-state index contributed by atoms with van der Waals surface area (Å²) in [5.41, 5.74) is 0. The summed E-state index contributed by atoms with van der Waals surface area (Å²) in [6.45, 7) is 0. The first-order valence-corrected chi connectivity index (χ1v) is 4.00. The van der Waals surface area contributed by atoms with E-state index in [1.807, 2.05) is 0 Å². The lowest BCUT2D eigenvalue weighted by Gasteiger charge is -1.86. The predicted octanol–water partition coefficient (Wildman–Crippen LogP) is 0.339. The standard InChI is InChI=1S/C5H4O5S/c6-3-4-1-2-5(10-4)11(7,8)9/h1-3H,(H,7,8,9). The molecule has 0 aromatic carbocycles. The molecule has 0 aliphatic heterocycles. The Balaban J connectivity index is 3.18. The highest BCUT2D eigenvalue weighted by atomic mass is 32.2. The second kappa shape index (κ2) is 2.48. The summed E-state index contributed by atoms with van der Waals surface area (Å²) in [6.07, 6.45) is 0.342. The van der Waals surface area contributed by atoms with Gasteiger partial charge in [0.25, 0.3) is 0 Å². The summed E-state index contributed by atoms with van der Waals surface area (Å²) in [5.74, 6) is -0.141. The Morgan fingerprint density at radius 2 is 2.09 bits per heavy atom.